The van der Waals surface area contributed by atoms with Gasteiger partial charge in [-0.15, -0.1) is 10.2 Å². The van der Waals surface area contributed by atoms with Gasteiger partial charge in [-0.25, -0.2) is 5.01 Å². The maximum atomic E-state index is 13.2. The molecule has 0 aromatic carbocycles. The number of rotatable bonds is 7. The van der Waals surface area contributed by atoms with Crippen molar-refractivity contribution in [1.82, 2.24) is 19.8 Å². The Morgan fingerprint density at radius 3 is 2.63 bits per heavy atom. The monoisotopic (exact) mass is 423 g/mol. The van der Waals surface area contributed by atoms with Crippen molar-refractivity contribution in [2.24, 2.45) is 5.10 Å². The van der Waals surface area contributed by atoms with Crippen LogP contribution in [0.4, 0.5) is 0 Å². The molecule has 0 bridgehead atoms. The summed E-state index contributed by atoms with van der Waals surface area (Å²) in [7, 11) is 0. The minimum atomic E-state index is -0.267. The summed E-state index contributed by atoms with van der Waals surface area (Å²) in [5.74, 6) is 3.21. The Balaban J connectivity index is 1.22. The molecule has 1 unspecified atom stereocenters. The maximum Gasteiger partial charge on any atom is 0.253 e. The zero-order valence-electron chi connectivity index (χ0n) is 16.3. The lowest BCUT2D eigenvalue weighted by Gasteiger charge is -2.19. The highest BCUT2D eigenvalue weighted by Crippen LogP contribution is 2.46. The van der Waals surface area contributed by atoms with Gasteiger partial charge in [-0.1, -0.05) is 11.8 Å². The molecule has 1 atom stereocenters. The highest BCUT2D eigenvalue weighted by Gasteiger charge is 2.38. The van der Waals surface area contributed by atoms with Crippen molar-refractivity contribution in [2.75, 3.05) is 5.75 Å². The van der Waals surface area contributed by atoms with E-state index < -0.39 is 0 Å². The van der Waals surface area contributed by atoms with E-state index in [1.165, 1.54) is 42.5 Å². The number of amides is 1. The molecule has 3 aromatic heterocycles. The van der Waals surface area contributed by atoms with Crippen LogP contribution in [-0.4, -0.2) is 37.1 Å². The molecular weight excluding hydrogens is 402 g/mol. The number of carbonyl (C=O) groups excluding carboxylic acids is 1. The molecule has 4 heterocycles. The largest absolute Gasteiger partial charge is 0.467 e. The molecule has 0 radical (unpaired) electrons. The van der Waals surface area contributed by atoms with Gasteiger partial charge in [0, 0.05) is 18.4 Å². The summed E-state index contributed by atoms with van der Waals surface area (Å²) in [5.41, 5.74) is 0.747. The SMILES string of the molecule is O=C(CSc1nnc(C2CC2)n1C1CC1)N1N=C(c2ccco2)CC1c1ccco1. The fourth-order valence-electron chi connectivity index (χ4n) is 3.91. The molecule has 6 rings (SSSR count). The zero-order valence-corrected chi connectivity index (χ0v) is 17.1. The molecule has 2 saturated carbocycles. The number of hydrogen-bond acceptors (Lipinski definition) is 7. The number of nitrogens with zero attached hydrogens (tertiary/aromatic N) is 5. The van der Waals surface area contributed by atoms with Crippen LogP contribution in [0.2, 0.25) is 0 Å². The first-order valence-electron chi connectivity index (χ1n) is 10.3. The molecule has 9 heteroatoms. The van der Waals surface area contributed by atoms with Crippen molar-refractivity contribution >= 4 is 23.4 Å². The van der Waals surface area contributed by atoms with E-state index in [-0.39, 0.29) is 17.7 Å². The van der Waals surface area contributed by atoms with Crippen molar-refractivity contribution < 1.29 is 13.6 Å². The van der Waals surface area contributed by atoms with E-state index in [0.717, 1.165) is 22.5 Å². The topological polar surface area (TPSA) is 89.7 Å². The Morgan fingerprint density at radius 2 is 1.93 bits per heavy atom. The minimum Gasteiger partial charge on any atom is -0.467 e. The summed E-state index contributed by atoms with van der Waals surface area (Å²) in [6.45, 7) is 0. The van der Waals surface area contributed by atoms with Crippen LogP contribution in [0.1, 0.15) is 67.5 Å². The van der Waals surface area contributed by atoms with Gasteiger partial charge in [0.25, 0.3) is 5.91 Å². The summed E-state index contributed by atoms with van der Waals surface area (Å²) >= 11 is 1.45. The lowest BCUT2D eigenvalue weighted by Crippen LogP contribution is -2.28. The van der Waals surface area contributed by atoms with Gasteiger partial charge in [-0.05, 0) is 49.9 Å². The summed E-state index contributed by atoms with van der Waals surface area (Å²) < 4.78 is 13.4. The van der Waals surface area contributed by atoms with Crippen molar-refractivity contribution in [3.05, 3.63) is 54.1 Å². The number of carbonyl (C=O) groups is 1. The Bertz CT molecular complexity index is 1080. The molecule has 154 valence electrons. The first-order chi connectivity index (χ1) is 14.8. The molecule has 3 aliphatic rings. The molecule has 0 N–H and O–H groups in total. The van der Waals surface area contributed by atoms with Crippen LogP contribution in [0.3, 0.4) is 0 Å². The summed E-state index contributed by atoms with van der Waals surface area (Å²) in [6, 6.07) is 7.62. The number of aromatic nitrogens is 3. The number of hydrazone groups is 1. The molecule has 30 heavy (non-hydrogen) atoms. The highest BCUT2D eigenvalue weighted by atomic mass is 32.2. The molecule has 8 nitrogen and oxygen atoms in total. The van der Waals surface area contributed by atoms with Crippen LogP contribution in [0.25, 0.3) is 0 Å². The predicted molar refractivity (Wildman–Crippen MR) is 109 cm³/mol. The normalized spacial score (nSPS) is 21.3. The Labute approximate surface area is 177 Å². The fourth-order valence-corrected chi connectivity index (χ4v) is 4.77. The third kappa shape index (κ3) is 3.27. The zero-order chi connectivity index (χ0) is 20.1. The van der Waals surface area contributed by atoms with Gasteiger partial charge in [0.15, 0.2) is 5.16 Å². The Kier molecular flexibility index (Phi) is 4.29. The second-order valence-electron chi connectivity index (χ2n) is 8.00. The molecular formula is C21H21N5O3S. The third-order valence-corrected chi connectivity index (χ3v) is 6.64. The molecule has 2 aliphatic carbocycles. The van der Waals surface area contributed by atoms with Gasteiger partial charge < -0.3 is 13.4 Å². The van der Waals surface area contributed by atoms with Crippen LogP contribution in [0, 0.1) is 0 Å². The number of hydrogen-bond donors (Lipinski definition) is 0. The average molecular weight is 423 g/mol. The molecule has 1 amide bonds. The first-order valence-corrected chi connectivity index (χ1v) is 11.3. The van der Waals surface area contributed by atoms with Crippen molar-refractivity contribution in [3.63, 3.8) is 0 Å². The molecule has 1 aliphatic heterocycles. The first kappa shape index (κ1) is 18.0. The number of thioether (sulfide) groups is 1. The Hall–Kier alpha value is -2.81. The molecule has 0 saturated heterocycles. The predicted octanol–water partition coefficient (Wildman–Crippen LogP) is 4.15. The summed E-state index contributed by atoms with van der Waals surface area (Å²) in [4.78, 5) is 13.2. The van der Waals surface area contributed by atoms with E-state index in [4.69, 9.17) is 8.83 Å². The van der Waals surface area contributed by atoms with E-state index >= 15 is 0 Å². The Morgan fingerprint density at radius 1 is 1.10 bits per heavy atom. The maximum absolute atomic E-state index is 13.2. The van der Waals surface area contributed by atoms with Crippen LogP contribution < -0.4 is 0 Å². The minimum absolute atomic E-state index is 0.0822. The van der Waals surface area contributed by atoms with Gasteiger partial charge in [-0.2, -0.15) is 5.10 Å². The smallest absolute Gasteiger partial charge is 0.253 e. The van der Waals surface area contributed by atoms with Gasteiger partial charge in [0.2, 0.25) is 0 Å². The highest BCUT2D eigenvalue weighted by molar-refractivity contribution is 7.99. The van der Waals surface area contributed by atoms with Crippen molar-refractivity contribution in [3.8, 4) is 0 Å². The molecule has 0 spiro atoms. The second kappa shape index (κ2) is 7.16. The van der Waals surface area contributed by atoms with Crippen LogP contribution in [-0.2, 0) is 4.79 Å². The summed E-state index contributed by atoms with van der Waals surface area (Å²) in [6.07, 6.45) is 8.51. The van der Waals surface area contributed by atoms with Crippen LogP contribution >= 0.6 is 11.8 Å². The molecule has 3 aromatic rings. The van der Waals surface area contributed by atoms with E-state index in [1.54, 1.807) is 12.5 Å². The lowest BCUT2D eigenvalue weighted by molar-refractivity contribution is -0.130. The van der Waals surface area contributed by atoms with Gasteiger partial charge >= 0.3 is 0 Å². The fraction of sp³-hybridized carbons (Fsp3) is 0.429. The summed E-state index contributed by atoms with van der Waals surface area (Å²) in [5, 5.41) is 15.8. The second-order valence-corrected chi connectivity index (χ2v) is 8.95. The van der Waals surface area contributed by atoms with Crippen LogP contribution in [0.15, 0.2) is 55.9 Å². The van der Waals surface area contributed by atoms with E-state index in [2.05, 4.69) is 19.9 Å². The number of furan rings is 2. The van der Waals surface area contributed by atoms with Crippen molar-refractivity contribution in [1.29, 1.82) is 0 Å². The van der Waals surface area contributed by atoms with Gasteiger partial charge in [0.05, 0.1) is 18.3 Å². The lowest BCUT2D eigenvalue weighted by atomic mass is 10.1. The van der Waals surface area contributed by atoms with E-state index in [9.17, 15) is 4.79 Å². The van der Waals surface area contributed by atoms with E-state index in [0.29, 0.717) is 24.1 Å². The van der Waals surface area contributed by atoms with Crippen LogP contribution in [0.5, 0.6) is 0 Å². The molecule has 2 fully saturated rings. The van der Waals surface area contributed by atoms with Gasteiger partial charge in [-0.3, -0.25) is 4.79 Å². The van der Waals surface area contributed by atoms with Gasteiger partial charge in [0.1, 0.15) is 29.1 Å². The van der Waals surface area contributed by atoms with E-state index in [1.807, 2.05) is 24.3 Å². The third-order valence-electron chi connectivity index (χ3n) is 5.71. The van der Waals surface area contributed by atoms with Crippen molar-refractivity contribution in [2.45, 2.75) is 55.3 Å². The standard InChI is InChI=1S/C21H21N5O3S/c27-19(12-30-21-23-22-20(13-5-6-13)25(21)14-7-8-14)26-16(18-4-2-10-29-18)11-15(24-26)17-3-1-9-28-17/h1-4,9-10,13-14,16H,5-8,11-12H2. The quantitative estimate of drug-likeness (QED) is 0.531. The average Bonchev–Trinajstić information content (AvgIpc) is 3.49.